The van der Waals surface area contributed by atoms with Gasteiger partial charge in [0.2, 0.25) is 0 Å². The van der Waals surface area contributed by atoms with Crippen LogP contribution >= 0.6 is 15.9 Å². The molecule has 2 atom stereocenters. The molecule has 0 bridgehead atoms. The van der Waals surface area contributed by atoms with Gasteiger partial charge in [-0.05, 0) is 12.5 Å². The van der Waals surface area contributed by atoms with Crippen LogP contribution in [0.4, 0.5) is 0 Å². The summed E-state index contributed by atoms with van der Waals surface area (Å²) in [5.41, 5.74) is 0.608. The summed E-state index contributed by atoms with van der Waals surface area (Å²) < 4.78 is 5.45. The Balaban J connectivity index is 2.34. The van der Waals surface area contributed by atoms with Gasteiger partial charge in [-0.3, -0.25) is 4.79 Å². The Morgan fingerprint density at radius 1 is 1.62 bits per heavy atom. The molecule has 0 aromatic heterocycles. The zero-order valence-corrected chi connectivity index (χ0v) is 9.43. The van der Waals surface area contributed by atoms with Gasteiger partial charge in [0.15, 0.2) is 5.78 Å². The summed E-state index contributed by atoms with van der Waals surface area (Å²) in [5, 5.41) is 0. The second-order valence-electron chi connectivity index (χ2n) is 4.24. The fraction of sp³-hybridized carbons (Fsp3) is 0.700. The van der Waals surface area contributed by atoms with Crippen molar-refractivity contribution in [1.29, 1.82) is 0 Å². The van der Waals surface area contributed by atoms with E-state index >= 15 is 0 Å². The lowest BCUT2D eigenvalue weighted by Gasteiger charge is -2.37. The summed E-state index contributed by atoms with van der Waals surface area (Å²) in [6.45, 7) is 4.58. The van der Waals surface area contributed by atoms with Gasteiger partial charge in [-0.2, -0.15) is 0 Å². The van der Waals surface area contributed by atoms with Gasteiger partial charge < -0.3 is 4.74 Å². The van der Waals surface area contributed by atoms with Crippen LogP contribution in [0.3, 0.4) is 0 Å². The molecular weight excluding hydrogens is 232 g/mol. The molecule has 2 nitrogen and oxygen atoms in total. The number of hydrogen-bond acceptors (Lipinski definition) is 2. The molecule has 0 aromatic carbocycles. The largest absolute Gasteiger partial charge is 0.369 e. The summed E-state index contributed by atoms with van der Waals surface area (Å²) in [6.07, 6.45) is 2.88. The van der Waals surface area contributed by atoms with Crippen molar-refractivity contribution in [1.82, 2.24) is 0 Å². The van der Waals surface area contributed by atoms with Crippen molar-refractivity contribution >= 4 is 21.7 Å². The van der Waals surface area contributed by atoms with E-state index in [1.165, 1.54) is 0 Å². The monoisotopic (exact) mass is 244 g/mol. The van der Waals surface area contributed by atoms with E-state index in [9.17, 15) is 4.79 Å². The molecule has 0 unspecified atom stereocenters. The predicted octanol–water partition coefficient (Wildman–Crippen LogP) is 2.07. The molecule has 0 N–H and O–H groups in total. The summed E-state index contributed by atoms with van der Waals surface area (Å²) in [7, 11) is 0. The SMILES string of the molecule is CC1(C)C(=O)C2=CCO[C@@H]2C[C@@H]1Br. The van der Waals surface area contributed by atoms with Gasteiger partial charge in [0, 0.05) is 15.8 Å². The molecule has 2 rings (SSSR count). The van der Waals surface area contributed by atoms with Crippen LogP contribution in [0.5, 0.6) is 0 Å². The highest BCUT2D eigenvalue weighted by molar-refractivity contribution is 9.09. The van der Waals surface area contributed by atoms with Crippen LogP contribution in [0.25, 0.3) is 0 Å². The summed E-state index contributed by atoms with van der Waals surface area (Å²) in [4.78, 5) is 12.2. The molecule has 1 fully saturated rings. The third-order valence-electron chi connectivity index (χ3n) is 3.00. The Morgan fingerprint density at radius 2 is 2.31 bits per heavy atom. The fourth-order valence-electron chi connectivity index (χ4n) is 1.91. The highest BCUT2D eigenvalue weighted by Gasteiger charge is 2.46. The van der Waals surface area contributed by atoms with Crippen molar-refractivity contribution in [3.63, 3.8) is 0 Å². The molecule has 1 aliphatic carbocycles. The molecule has 0 spiro atoms. The Hall–Kier alpha value is -0.150. The number of halogens is 1. The van der Waals surface area contributed by atoms with E-state index in [2.05, 4.69) is 15.9 Å². The molecule has 3 heteroatoms. The minimum absolute atomic E-state index is 0.0462. The van der Waals surface area contributed by atoms with Gasteiger partial charge in [-0.1, -0.05) is 29.8 Å². The summed E-state index contributed by atoms with van der Waals surface area (Å²) in [6, 6.07) is 0. The van der Waals surface area contributed by atoms with Gasteiger partial charge in [0.05, 0.1) is 12.7 Å². The lowest BCUT2D eigenvalue weighted by molar-refractivity contribution is -0.126. The standard InChI is InChI=1S/C10H13BrO2/c1-10(2)8(11)5-7-6(9(10)12)3-4-13-7/h3,7-8H,4-5H2,1-2H3/t7-,8+/m1/s1. The molecule has 1 heterocycles. The van der Waals surface area contributed by atoms with E-state index in [0.717, 1.165) is 12.0 Å². The average molecular weight is 245 g/mol. The van der Waals surface area contributed by atoms with Crippen LogP contribution in [0.15, 0.2) is 11.6 Å². The van der Waals surface area contributed by atoms with Crippen molar-refractivity contribution in [3.8, 4) is 0 Å². The van der Waals surface area contributed by atoms with Crippen molar-refractivity contribution in [2.45, 2.75) is 31.2 Å². The number of Topliss-reactive ketones (excluding diaryl/α,β-unsaturated/α-hetero) is 1. The van der Waals surface area contributed by atoms with Crippen LogP contribution in [0.1, 0.15) is 20.3 Å². The molecular formula is C10H13BrO2. The van der Waals surface area contributed by atoms with Crippen molar-refractivity contribution in [2.24, 2.45) is 5.41 Å². The molecule has 0 radical (unpaired) electrons. The zero-order chi connectivity index (χ0) is 9.64. The quantitative estimate of drug-likeness (QED) is 0.611. The maximum Gasteiger partial charge on any atom is 0.167 e. The molecule has 2 aliphatic rings. The van der Waals surface area contributed by atoms with Crippen molar-refractivity contribution in [2.75, 3.05) is 6.61 Å². The van der Waals surface area contributed by atoms with E-state index in [-0.39, 0.29) is 22.1 Å². The second-order valence-corrected chi connectivity index (χ2v) is 5.34. The Kier molecular flexibility index (Phi) is 2.11. The number of carbonyl (C=O) groups is 1. The van der Waals surface area contributed by atoms with Gasteiger partial charge >= 0.3 is 0 Å². The Morgan fingerprint density at radius 3 is 3.00 bits per heavy atom. The molecule has 0 amide bonds. The van der Waals surface area contributed by atoms with Crippen molar-refractivity contribution in [3.05, 3.63) is 11.6 Å². The maximum absolute atomic E-state index is 12.0. The van der Waals surface area contributed by atoms with Crippen LogP contribution in [-0.4, -0.2) is 23.3 Å². The van der Waals surface area contributed by atoms with Crippen LogP contribution in [0, 0.1) is 5.41 Å². The Bertz CT molecular complexity index is 281. The lowest BCUT2D eigenvalue weighted by atomic mass is 9.73. The Labute approximate surface area is 86.5 Å². The number of alkyl halides is 1. The van der Waals surface area contributed by atoms with E-state index < -0.39 is 0 Å². The number of hydrogen-bond donors (Lipinski definition) is 0. The number of fused-ring (bicyclic) bond motifs is 1. The van der Waals surface area contributed by atoms with E-state index in [1.807, 2.05) is 19.9 Å². The van der Waals surface area contributed by atoms with E-state index in [0.29, 0.717) is 6.61 Å². The first-order valence-corrected chi connectivity index (χ1v) is 5.45. The number of carbonyl (C=O) groups excluding carboxylic acids is 1. The van der Waals surface area contributed by atoms with Gasteiger partial charge in [-0.15, -0.1) is 0 Å². The van der Waals surface area contributed by atoms with E-state index in [4.69, 9.17) is 4.74 Å². The highest BCUT2D eigenvalue weighted by Crippen LogP contribution is 2.42. The molecule has 0 aromatic rings. The van der Waals surface area contributed by atoms with Crippen LogP contribution < -0.4 is 0 Å². The average Bonchev–Trinajstić information content (AvgIpc) is 2.49. The summed E-state index contributed by atoms with van der Waals surface area (Å²) >= 11 is 3.56. The number of rotatable bonds is 0. The van der Waals surface area contributed by atoms with Crippen molar-refractivity contribution < 1.29 is 9.53 Å². The number of ketones is 1. The predicted molar refractivity (Wildman–Crippen MR) is 53.9 cm³/mol. The van der Waals surface area contributed by atoms with Crippen LogP contribution in [-0.2, 0) is 9.53 Å². The normalized spacial score (nSPS) is 37.2. The van der Waals surface area contributed by atoms with Gasteiger partial charge in [0.25, 0.3) is 0 Å². The highest BCUT2D eigenvalue weighted by atomic mass is 79.9. The molecule has 1 saturated carbocycles. The lowest BCUT2D eigenvalue weighted by Crippen LogP contribution is -2.44. The molecule has 72 valence electrons. The smallest absolute Gasteiger partial charge is 0.167 e. The first-order valence-electron chi connectivity index (χ1n) is 4.54. The first kappa shape index (κ1) is 9.41. The van der Waals surface area contributed by atoms with Crippen LogP contribution in [0.2, 0.25) is 0 Å². The fourth-order valence-corrected chi connectivity index (χ4v) is 2.45. The minimum Gasteiger partial charge on any atom is -0.369 e. The third-order valence-corrected chi connectivity index (χ3v) is 4.52. The zero-order valence-electron chi connectivity index (χ0n) is 7.84. The van der Waals surface area contributed by atoms with Gasteiger partial charge in [0.1, 0.15) is 0 Å². The van der Waals surface area contributed by atoms with E-state index in [1.54, 1.807) is 0 Å². The first-order chi connectivity index (χ1) is 6.03. The summed E-state index contributed by atoms with van der Waals surface area (Å²) in [5.74, 6) is 0.239. The minimum atomic E-state index is -0.282. The number of ether oxygens (including phenoxy) is 1. The molecule has 0 saturated heterocycles. The third kappa shape index (κ3) is 1.29. The maximum atomic E-state index is 12.0. The second kappa shape index (κ2) is 2.92. The topological polar surface area (TPSA) is 26.3 Å². The molecule has 13 heavy (non-hydrogen) atoms. The molecule has 1 aliphatic heterocycles. The van der Waals surface area contributed by atoms with Gasteiger partial charge in [-0.25, -0.2) is 0 Å².